The van der Waals surface area contributed by atoms with Crippen molar-refractivity contribution in [2.24, 2.45) is 0 Å². The summed E-state index contributed by atoms with van der Waals surface area (Å²) in [7, 11) is 0. The van der Waals surface area contributed by atoms with Gasteiger partial charge in [-0.3, -0.25) is 10.1 Å². The average molecular weight is 454 g/mol. The van der Waals surface area contributed by atoms with E-state index in [2.05, 4.69) is 27.3 Å². The molecule has 1 aromatic carbocycles. The monoisotopic (exact) mass is 452 g/mol. The number of aromatic nitrogens is 1. The van der Waals surface area contributed by atoms with Crippen molar-refractivity contribution in [3.63, 3.8) is 0 Å². The molecule has 2 aromatic rings. The Hall–Kier alpha value is -1.20. The van der Waals surface area contributed by atoms with E-state index in [-0.39, 0.29) is 22.8 Å². The number of hydrogen-bond acceptors (Lipinski definition) is 2. The van der Waals surface area contributed by atoms with Gasteiger partial charge >= 0.3 is 0 Å². The maximum atomic E-state index is 12.5. The maximum Gasteiger partial charge on any atom is 0.274 e. The predicted octanol–water partition coefficient (Wildman–Crippen LogP) is 1.37. The molecule has 0 unspecified atom stereocenters. The second kappa shape index (κ2) is 9.33. The Kier molecular flexibility index (Phi) is 7.43. The Morgan fingerprint density at radius 3 is 2.50 bits per heavy atom. The van der Waals surface area contributed by atoms with Gasteiger partial charge in [0.2, 0.25) is 5.78 Å². The van der Waals surface area contributed by atoms with Gasteiger partial charge in [-0.2, -0.15) is 0 Å². The highest BCUT2D eigenvalue weighted by Crippen LogP contribution is 2.20. The molecule has 128 valence electrons. The Morgan fingerprint density at radius 2 is 1.79 bits per heavy atom. The summed E-state index contributed by atoms with van der Waals surface area (Å²) in [5, 5.41) is 3.62. The molecule has 5 heteroatoms. The van der Waals surface area contributed by atoms with Gasteiger partial charge in [0.1, 0.15) is 0 Å². The van der Waals surface area contributed by atoms with Crippen molar-refractivity contribution < 1.29 is 26.3 Å². The van der Waals surface area contributed by atoms with Crippen LogP contribution < -0.4 is 26.9 Å². The van der Waals surface area contributed by atoms with Crippen LogP contribution in [0.3, 0.4) is 0 Å². The molecule has 1 heterocycles. The number of anilines is 1. The zero-order valence-electron chi connectivity index (χ0n) is 13.6. The third-order valence-corrected chi connectivity index (χ3v) is 4.91. The van der Waals surface area contributed by atoms with Gasteiger partial charge < -0.3 is 17.0 Å². The molecule has 0 amide bonds. The zero-order chi connectivity index (χ0) is 16.1. The van der Waals surface area contributed by atoms with E-state index in [0.717, 1.165) is 15.9 Å². The normalized spacial score (nSPS) is 14.7. The standard InChI is InChI=1S/C19H21BrN2O.BrH/c20-16-11-9-15(10-12-16)18(23)14-22-13-5-4-8-19(22)21-17-6-2-1-3-7-17;/h4-5,8-13,17H,1-3,6-7,14H2;1H. The van der Waals surface area contributed by atoms with Crippen LogP contribution >= 0.6 is 15.9 Å². The van der Waals surface area contributed by atoms with Crippen LogP contribution in [-0.4, -0.2) is 11.8 Å². The van der Waals surface area contributed by atoms with Crippen LogP contribution in [0.15, 0.2) is 53.1 Å². The fraction of sp³-hybridized carbons (Fsp3) is 0.368. The van der Waals surface area contributed by atoms with Crippen LogP contribution in [0.25, 0.3) is 0 Å². The first-order valence-corrected chi connectivity index (χ1v) is 9.05. The first-order valence-electron chi connectivity index (χ1n) is 8.26. The first kappa shape index (κ1) is 19.1. The second-order valence-corrected chi connectivity index (χ2v) is 7.04. The molecule has 3 nitrogen and oxygen atoms in total. The lowest BCUT2D eigenvalue weighted by molar-refractivity contribution is -0.669. The van der Waals surface area contributed by atoms with Crippen molar-refractivity contribution in [3.8, 4) is 0 Å². The molecule has 0 radical (unpaired) electrons. The van der Waals surface area contributed by atoms with Gasteiger partial charge in [0.25, 0.3) is 5.82 Å². The molecule has 0 spiro atoms. The molecule has 0 atom stereocenters. The van der Waals surface area contributed by atoms with Crippen molar-refractivity contribution in [1.82, 2.24) is 0 Å². The molecule has 24 heavy (non-hydrogen) atoms. The summed E-state index contributed by atoms with van der Waals surface area (Å²) in [5.41, 5.74) is 0.744. The Morgan fingerprint density at radius 1 is 1.08 bits per heavy atom. The molecule has 3 rings (SSSR count). The molecule has 1 aromatic heterocycles. The summed E-state index contributed by atoms with van der Waals surface area (Å²) in [5.74, 6) is 1.16. The minimum Gasteiger partial charge on any atom is -1.00 e. The van der Waals surface area contributed by atoms with Gasteiger partial charge in [-0.15, -0.1) is 0 Å². The number of ketones is 1. The van der Waals surface area contributed by atoms with Crippen molar-refractivity contribution in [3.05, 3.63) is 58.7 Å². The van der Waals surface area contributed by atoms with E-state index in [1.54, 1.807) is 0 Å². The van der Waals surface area contributed by atoms with Crippen molar-refractivity contribution in [1.29, 1.82) is 0 Å². The number of pyridine rings is 1. The summed E-state index contributed by atoms with van der Waals surface area (Å²) in [6.45, 7) is 0.359. The van der Waals surface area contributed by atoms with Gasteiger partial charge in [-0.25, -0.2) is 4.57 Å². The molecule has 1 aliphatic carbocycles. The highest BCUT2D eigenvalue weighted by atomic mass is 79.9. The van der Waals surface area contributed by atoms with Crippen LogP contribution in [-0.2, 0) is 6.54 Å². The largest absolute Gasteiger partial charge is 1.00 e. The van der Waals surface area contributed by atoms with Crippen LogP contribution in [0.4, 0.5) is 5.82 Å². The second-order valence-electron chi connectivity index (χ2n) is 6.12. The molecule has 0 saturated heterocycles. The van der Waals surface area contributed by atoms with Gasteiger partial charge in [0.05, 0.1) is 12.2 Å². The van der Waals surface area contributed by atoms with E-state index < -0.39 is 0 Å². The summed E-state index contributed by atoms with van der Waals surface area (Å²) in [4.78, 5) is 12.5. The lowest BCUT2D eigenvalue weighted by Gasteiger charge is -2.20. The number of Topliss-reactive ketones (excluding diaryl/α,β-unsaturated/α-hetero) is 1. The molecular weight excluding hydrogens is 432 g/mol. The Labute approximate surface area is 162 Å². The smallest absolute Gasteiger partial charge is 0.274 e. The van der Waals surface area contributed by atoms with Gasteiger partial charge in [-0.05, 0) is 43.9 Å². The van der Waals surface area contributed by atoms with E-state index in [1.807, 2.05) is 47.2 Å². The van der Waals surface area contributed by atoms with Crippen LogP contribution in [0.1, 0.15) is 42.5 Å². The van der Waals surface area contributed by atoms with E-state index in [1.165, 1.54) is 32.1 Å². The number of nitrogens with one attached hydrogen (secondary N) is 1. The van der Waals surface area contributed by atoms with Crippen LogP contribution in [0, 0.1) is 0 Å². The highest BCUT2D eigenvalue weighted by Gasteiger charge is 2.20. The fourth-order valence-electron chi connectivity index (χ4n) is 3.08. The molecular formula is C19H22Br2N2O. The predicted molar refractivity (Wildman–Crippen MR) is 95.6 cm³/mol. The summed E-state index contributed by atoms with van der Waals surface area (Å²) in [6, 6.07) is 14.1. The zero-order valence-corrected chi connectivity index (χ0v) is 16.7. The summed E-state index contributed by atoms with van der Waals surface area (Å²) in [6.07, 6.45) is 8.34. The fourth-order valence-corrected chi connectivity index (χ4v) is 3.35. The lowest BCUT2D eigenvalue weighted by atomic mass is 9.95. The van der Waals surface area contributed by atoms with Crippen molar-refractivity contribution in [2.75, 3.05) is 5.32 Å². The van der Waals surface area contributed by atoms with Crippen LogP contribution in [0.2, 0.25) is 0 Å². The van der Waals surface area contributed by atoms with E-state index in [4.69, 9.17) is 0 Å². The Bertz CT molecular complexity index is 667. The van der Waals surface area contributed by atoms with Gasteiger partial charge in [0, 0.05) is 16.1 Å². The lowest BCUT2D eigenvalue weighted by Crippen LogP contribution is -3.00. The third kappa shape index (κ3) is 5.15. The summed E-state index contributed by atoms with van der Waals surface area (Å²) >= 11 is 3.40. The quantitative estimate of drug-likeness (QED) is 0.547. The number of nitrogens with zero attached hydrogens (tertiary/aromatic N) is 1. The minimum absolute atomic E-state index is 0. The van der Waals surface area contributed by atoms with Crippen LogP contribution in [0.5, 0.6) is 0 Å². The topological polar surface area (TPSA) is 33.0 Å². The average Bonchev–Trinajstić information content (AvgIpc) is 2.58. The molecule has 1 saturated carbocycles. The van der Waals surface area contributed by atoms with E-state index in [9.17, 15) is 4.79 Å². The first-order chi connectivity index (χ1) is 11.2. The number of carbonyl (C=O) groups excluding carboxylic acids is 1. The number of hydrogen-bond donors (Lipinski definition) is 1. The third-order valence-electron chi connectivity index (χ3n) is 4.38. The molecule has 1 aliphatic rings. The number of rotatable bonds is 5. The van der Waals surface area contributed by atoms with Gasteiger partial charge in [0.15, 0.2) is 6.54 Å². The van der Waals surface area contributed by atoms with E-state index in [0.29, 0.717) is 12.6 Å². The maximum absolute atomic E-state index is 12.5. The molecule has 0 aliphatic heterocycles. The highest BCUT2D eigenvalue weighted by molar-refractivity contribution is 9.10. The minimum atomic E-state index is 0. The van der Waals surface area contributed by atoms with E-state index >= 15 is 0 Å². The van der Waals surface area contributed by atoms with Gasteiger partial charge in [-0.1, -0.05) is 40.5 Å². The summed E-state index contributed by atoms with van der Waals surface area (Å²) < 4.78 is 3.00. The van der Waals surface area contributed by atoms with Crippen molar-refractivity contribution >= 4 is 27.5 Å². The SMILES string of the molecule is O=C(C[n+]1ccccc1NC1CCCCC1)c1ccc(Br)cc1.[Br-]. The Balaban J connectivity index is 0.00000208. The number of carbonyl (C=O) groups is 1. The molecule has 1 fully saturated rings. The van der Waals surface area contributed by atoms with Crippen molar-refractivity contribution in [2.45, 2.75) is 44.7 Å². The molecule has 0 bridgehead atoms. The number of halogens is 2. The number of benzene rings is 1. The molecule has 1 N–H and O–H groups in total.